The maximum absolute atomic E-state index is 12.5. The molecule has 1 atom stereocenters. The van der Waals surface area contributed by atoms with Gasteiger partial charge >= 0.3 is 6.18 Å². The van der Waals surface area contributed by atoms with Crippen LogP contribution in [-0.2, 0) is 13.1 Å². The monoisotopic (exact) mass is 421 g/mol. The molecule has 0 spiro atoms. The Balaban J connectivity index is 1.47. The molecule has 3 rings (SSSR count). The Morgan fingerprint density at radius 3 is 2.57 bits per heavy atom. The number of likely N-dealkylation sites (tertiary alicyclic amines) is 1. The standard InChI is InChI=1S/C21H26F3N5O/c1-25-20(27-18-9-11-28(14-18)15-21(22,23)24)26-12-16-5-7-17(8-6-16)13-29-10-3-2-4-19(29)30/h2-8,10,18H,9,11-15H2,1H3,(H2,25,26,27). The third-order valence-electron chi connectivity index (χ3n) is 4.97. The van der Waals surface area contributed by atoms with Gasteiger partial charge in [0, 0.05) is 45.0 Å². The molecule has 1 fully saturated rings. The number of rotatable bonds is 6. The molecule has 2 N–H and O–H groups in total. The largest absolute Gasteiger partial charge is 0.401 e. The minimum absolute atomic E-state index is 0.0428. The molecule has 2 aromatic rings. The van der Waals surface area contributed by atoms with Crippen molar-refractivity contribution in [2.45, 2.75) is 31.7 Å². The third kappa shape index (κ3) is 6.62. The van der Waals surface area contributed by atoms with Crippen LogP contribution in [0.25, 0.3) is 0 Å². The van der Waals surface area contributed by atoms with Crippen molar-refractivity contribution in [2.24, 2.45) is 4.99 Å². The predicted molar refractivity (Wildman–Crippen MR) is 110 cm³/mol. The van der Waals surface area contributed by atoms with Gasteiger partial charge in [-0.1, -0.05) is 30.3 Å². The lowest BCUT2D eigenvalue weighted by molar-refractivity contribution is -0.143. The summed E-state index contributed by atoms with van der Waals surface area (Å²) in [7, 11) is 1.64. The van der Waals surface area contributed by atoms with Crippen LogP contribution in [0.15, 0.2) is 58.4 Å². The van der Waals surface area contributed by atoms with Gasteiger partial charge in [-0.2, -0.15) is 13.2 Å². The summed E-state index contributed by atoms with van der Waals surface area (Å²) in [6.45, 7) is 0.920. The van der Waals surface area contributed by atoms with Crippen LogP contribution in [0.5, 0.6) is 0 Å². The highest BCUT2D eigenvalue weighted by Gasteiger charge is 2.34. The Morgan fingerprint density at radius 2 is 1.90 bits per heavy atom. The number of aromatic nitrogens is 1. The predicted octanol–water partition coefficient (Wildman–Crippen LogP) is 2.20. The zero-order valence-corrected chi connectivity index (χ0v) is 16.8. The summed E-state index contributed by atoms with van der Waals surface area (Å²) in [6.07, 6.45) is -1.77. The first-order valence-electron chi connectivity index (χ1n) is 9.82. The normalized spacial score (nSPS) is 17.9. The number of alkyl halides is 3. The summed E-state index contributed by atoms with van der Waals surface area (Å²) < 4.78 is 39.2. The summed E-state index contributed by atoms with van der Waals surface area (Å²) in [5.74, 6) is 0.564. The highest BCUT2D eigenvalue weighted by Crippen LogP contribution is 2.19. The van der Waals surface area contributed by atoms with E-state index in [-0.39, 0.29) is 11.6 Å². The van der Waals surface area contributed by atoms with E-state index in [1.165, 1.54) is 11.0 Å². The molecule has 9 heteroatoms. The molecule has 0 bridgehead atoms. The lowest BCUT2D eigenvalue weighted by atomic mass is 10.1. The third-order valence-corrected chi connectivity index (χ3v) is 4.97. The van der Waals surface area contributed by atoms with E-state index in [4.69, 9.17) is 0 Å². The Morgan fingerprint density at radius 1 is 1.17 bits per heavy atom. The number of halogens is 3. The van der Waals surface area contributed by atoms with Crippen LogP contribution in [0.2, 0.25) is 0 Å². The zero-order chi connectivity index (χ0) is 21.6. The van der Waals surface area contributed by atoms with Crippen molar-refractivity contribution in [3.8, 4) is 0 Å². The molecule has 0 saturated carbocycles. The average Bonchev–Trinajstić information content (AvgIpc) is 3.13. The van der Waals surface area contributed by atoms with Crippen LogP contribution >= 0.6 is 0 Å². The molecule has 1 saturated heterocycles. The van der Waals surface area contributed by atoms with E-state index >= 15 is 0 Å². The van der Waals surface area contributed by atoms with Crippen molar-refractivity contribution in [3.63, 3.8) is 0 Å². The first kappa shape index (κ1) is 21.9. The molecular formula is C21H26F3N5O. The molecule has 2 heterocycles. The van der Waals surface area contributed by atoms with Crippen molar-refractivity contribution >= 4 is 5.96 Å². The van der Waals surface area contributed by atoms with Crippen LogP contribution in [0.1, 0.15) is 17.5 Å². The quantitative estimate of drug-likeness (QED) is 0.555. The Kier molecular flexibility index (Phi) is 7.15. The van der Waals surface area contributed by atoms with Crippen LogP contribution in [-0.4, -0.2) is 54.3 Å². The van der Waals surface area contributed by atoms with Gasteiger partial charge in [0.25, 0.3) is 5.56 Å². The molecule has 0 radical (unpaired) electrons. The van der Waals surface area contributed by atoms with E-state index in [2.05, 4.69) is 15.6 Å². The first-order valence-corrected chi connectivity index (χ1v) is 9.82. The van der Waals surface area contributed by atoms with E-state index in [9.17, 15) is 18.0 Å². The maximum atomic E-state index is 12.5. The minimum atomic E-state index is -4.17. The molecule has 1 aliphatic heterocycles. The summed E-state index contributed by atoms with van der Waals surface area (Å²) in [5, 5.41) is 6.39. The van der Waals surface area contributed by atoms with Gasteiger partial charge in [0.15, 0.2) is 5.96 Å². The number of nitrogens with one attached hydrogen (secondary N) is 2. The van der Waals surface area contributed by atoms with Crippen molar-refractivity contribution in [1.29, 1.82) is 0 Å². The van der Waals surface area contributed by atoms with Crippen molar-refractivity contribution in [3.05, 3.63) is 70.1 Å². The molecular weight excluding hydrogens is 395 g/mol. The molecule has 0 aliphatic carbocycles. The second-order valence-corrected chi connectivity index (χ2v) is 7.39. The Hall–Kier alpha value is -2.81. The molecule has 1 aromatic heterocycles. The summed E-state index contributed by atoms with van der Waals surface area (Å²) in [4.78, 5) is 17.4. The van der Waals surface area contributed by atoms with Crippen LogP contribution in [0.4, 0.5) is 13.2 Å². The minimum Gasteiger partial charge on any atom is -0.352 e. The number of aliphatic imine (C=N–C) groups is 1. The zero-order valence-electron chi connectivity index (χ0n) is 16.8. The fraction of sp³-hybridized carbons (Fsp3) is 0.429. The summed E-state index contributed by atoms with van der Waals surface area (Å²) >= 11 is 0. The van der Waals surface area contributed by atoms with Gasteiger partial charge in [-0.15, -0.1) is 0 Å². The first-order chi connectivity index (χ1) is 14.3. The Bertz CT molecular complexity index is 908. The summed E-state index contributed by atoms with van der Waals surface area (Å²) in [5.41, 5.74) is 2.01. The highest BCUT2D eigenvalue weighted by atomic mass is 19.4. The molecule has 0 amide bonds. The van der Waals surface area contributed by atoms with Crippen molar-refractivity contribution < 1.29 is 13.2 Å². The van der Waals surface area contributed by atoms with Gasteiger partial charge in [-0.05, 0) is 23.6 Å². The number of hydrogen-bond donors (Lipinski definition) is 2. The van der Waals surface area contributed by atoms with Gasteiger partial charge in [-0.25, -0.2) is 0 Å². The number of nitrogens with zero attached hydrogens (tertiary/aromatic N) is 3. The average molecular weight is 421 g/mol. The van der Waals surface area contributed by atoms with E-state index in [1.54, 1.807) is 23.9 Å². The van der Waals surface area contributed by atoms with E-state index in [0.29, 0.717) is 38.6 Å². The van der Waals surface area contributed by atoms with Gasteiger partial charge in [0.2, 0.25) is 0 Å². The van der Waals surface area contributed by atoms with Gasteiger partial charge < -0.3 is 15.2 Å². The lowest BCUT2D eigenvalue weighted by Gasteiger charge is -2.20. The topological polar surface area (TPSA) is 61.7 Å². The van der Waals surface area contributed by atoms with Crippen LogP contribution in [0, 0.1) is 0 Å². The van der Waals surface area contributed by atoms with E-state index in [0.717, 1.165) is 11.1 Å². The molecule has 1 unspecified atom stereocenters. The number of hydrogen-bond acceptors (Lipinski definition) is 3. The van der Waals surface area contributed by atoms with Crippen molar-refractivity contribution in [1.82, 2.24) is 20.1 Å². The number of guanidine groups is 1. The van der Waals surface area contributed by atoms with E-state index in [1.807, 2.05) is 30.3 Å². The molecule has 162 valence electrons. The van der Waals surface area contributed by atoms with E-state index < -0.39 is 12.7 Å². The molecule has 1 aromatic carbocycles. The summed E-state index contributed by atoms with van der Waals surface area (Å²) in [6, 6.07) is 12.9. The molecule has 1 aliphatic rings. The molecule has 30 heavy (non-hydrogen) atoms. The smallest absolute Gasteiger partial charge is 0.352 e. The van der Waals surface area contributed by atoms with Gasteiger partial charge in [-0.3, -0.25) is 14.7 Å². The van der Waals surface area contributed by atoms with Gasteiger partial charge in [0.1, 0.15) is 0 Å². The fourth-order valence-corrected chi connectivity index (χ4v) is 3.47. The fourth-order valence-electron chi connectivity index (χ4n) is 3.47. The lowest BCUT2D eigenvalue weighted by Crippen LogP contribution is -2.44. The number of pyridine rings is 1. The van der Waals surface area contributed by atoms with Gasteiger partial charge in [0.05, 0.1) is 13.1 Å². The maximum Gasteiger partial charge on any atom is 0.401 e. The van der Waals surface area contributed by atoms with Crippen LogP contribution in [0.3, 0.4) is 0 Å². The van der Waals surface area contributed by atoms with Crippen molar-refractivity contribution in [2.75, 3.05) is 26.7 Å². The highest BCUT2D eigenvalue weighted by molar-refractivity contribution is 5.80. The Labute approximate surface area is 173 Å². The second-order valence-electron chi connectivity index (χ2n) is 7.39. The number of benzene rings is 1. The SMILES string of the molecule is CN=C(NCc1ccc(Cn2ccccc2=O)cc1)NC1CCN(CC(F)(F)F)C1. The van der Waals surface area contributed by atoms with Crippen LogP contribution < -0.4 is 16.2 Å². The second kappa shape index (κ2) is 9.80. The molecule has 6 nitrogen and oxygen atoms in total.